The van der Waals surface area contributed by atoms with Gasteiger partial charge in [-0.1, -0.05) is 0 Å². The molecule has 1 aromatic heterocycles. The highest BCUT2D eigenvalue weighted by atomic mass is 19.1. The molecule has 1 N–H and O–H groups in total. The molecule has 0 amide bonds. The number of benzene rings is 1. The molecular formula is C9H9FN2. The molecule has 3 heteroatoms. The summed E-state index contributed by atoms with van der Waals surface area (Å²) in [5.41, 5.74) is 2.37. The van der Waals surface area contributed by atoms with Crippen molar-refractivity contribution in [2.75, 3.05) is 0 Å². The van der Waals surface area contributed by atoms with E-state index in [2.05, 4.69) is 10.2 Å². The molecule has 0 spiro atoms. The molecule has 0 atom stereocenters. The quantitative estimate of drug-likeness (QED) is 0.636. The Balaban J connectivity index is 2.93. The molecule has 0 fully saturated rings. The maximum Gasteiger partial charge on any atom is 0.134 e. The Morgan fingerprint density at radius 2 is 2.08 bits per heavy atom. The lowest BCUT2D eigenvalue weighted by molar-refractivity contribution is 0.638. The molecule has 62 valence electrons. The smallest absolute Gasteiger partial charge is 0.134 e. The number of hydrogen-bond donors (Lipinski definition) is 1. The first-order valence-electron chi connectivity index (χ1n) is 3.79. The van der Waals surface area contributed by atoms with E-state index in [0.29, 0.717) is 10.9 Å². The van der Waals surface area contributed by atoms with Gasteiger partial charge in [0, 0.05) is 5.69 Å². The van der Waals surface area contributed by atoms with E-state index in [9.17, 15) is 4.39 Å². The van der Waals surface area contributed by atoms with E-state index in [1.54, 1.807) is 0 Å². The Morgan fingerprint density at radius 1 is 1.33 bits per heavy atom. The Labute approximate surface area is 69.4 Å². The minimum atomic E-state index is -0.198. The van der Waals surface area contributed by atoms with Crippen LogP contribution in [0.1, 0.15) is 11.3 Å². The summed E-state index contributed by atoms with van der Waals surface area (Å²) in [5.74, 6) is -0.198. The minimum Gasteiger partial charge on any atom is -0.282 e. The van der Waals surface area contributed by atoms with E-state index < -0.39 is 0 Å². The molecule has 0 saturated carbocycles. The molecule has 2 rings (SSSR count). The van der Waals surface area contributed by atoms with Gasteiger partial charge in [0.25, 0.3) is 0 Å². The number of fused-ring (bicyclic) bond motifs is 1. The number of nitrogens with one attached hydrogen (secondary N) is 1. The third-order valence-electron chi connectivity index (χ3n) is 1.93. The number of rotatable bonds is 0. The summed E-state index contributed by atoms with van der Waals surface area (Å²) in [6.45, 7) is 3.67. The molecule has 0 saturated heterocycles. The van der Waals surface area contributed by atoms with E-state index >= 15 is 0 Å². The van der Waals surface area contributed by atoms with Crippen molar-refractivity contribution in [2.45, 2.75) is 13.8 Å². The Morgan fingerprint density at radius 3 is 2.83 bits per heavy atom. The zero-order valence-corrected chi connectivity index (χ0v) is 6.98. The van der Waals surface area contributed by atoms with Crippen LogP contribution in [0.15, 0.2) is 12.1 Å². The topological polar surface area (TPSA) is 28.7 Å². The number of aromatic amines is 1. The average molecular weight is 164 g/mol. The van der Waals surface area contributed by atoms with Gasteiger partial charge in [-0.15, -0.1) is 0 Å². The van der Waals surface area contributed by atoms with Gasteiger partial charge in [-0.2, -0.15) is 5.10 Å². The number of hydrogen-bond acceptors (Lipinski definition) is 1. The third-order valence-corrected chi connectivity index (χ3v) is 1.93. The number of aryl methyl sites for hydroxylation is 2. The Bertz CT molecular complexity index is 431. The van der Waals surface area contributed by atoms with Crippen molar-refractivity contribution < 1.29 is 4.39 Å². The monoisotopic (exact) mass is 164 g/mol. The van der Waals surface area contributed by atoms with Crippen molar-refractivity contribution in [2.24, 2.45) is 0 Å². The van der Waals surface area contributed by atoms with E-state index in [1.165, 1.54) is 6.07 Å². The molecule has 0 unspecified atom stereocenters. The van der Waals surface area contributed by atoms with Crippen LogP contribution < -0.4 is 0 Å². The first-order valence-corrected chi connectivity index (χ1v) is 3.79. The second-order valence-electron chi connectivity index (χ2n) is 2.99. The number of H-pyrrole nitrogens is 1. The summed E-state index contributed by atoms with van der Waals surface area (Å²) < 4.78 is 13.3. The fourth-order valence-corrected chi connectivity index (χ4v) is 1.38. The van der Waals surface area contributed by atoms with E-state index in [1.807, 2.05) is 19.9 Å². The molecule has 0 aliphatic heterocycles. The zero-order valence-electron chi connectivity index (χ0n) is 6.98. The molecule has 0 radical (unpaired) electrons. The van der Waals surface area contributed by atoms with E-state index in [4.69, 9.17) is 0 Å². The standard InChI is InChI=1S/C9H9FN2/c1-5-3-7(10)9-6(2)11-12-8(9)4-5/h3-4H,1-2H3,(H,11,12). The van der Waals surface area contributed by atoms with Crippen LogP contribution >= 0.6 is 0 Å². The fourth-order valence-electron chi connectivity index (χ4n) is 1.38. The summed E-state index contributed by atoms with van der Waals surface area (Å²) >= 11 is 0. The van der Waals surface area contributed by atoms with Gasteiger partial charge in [0.2, 0.25) is 0 Å². The van der Waals surface area contributed by atoms with Crippen molar-refractivity contribution in [3.8, 4) is 0 Å². The number of nitrogens with zero attached hydrogens (tertiary/aromatic N) is 1. The number of halogens is 1. The molecule has 0 bridgehead atoms. The second kappa shape index (κ2) is 2.30. The second-order valence-corrected chi connectivity index (χ2v) is 2.99. The molecule has 2 aromatic rings. The predicted octanol–water partition coefficient (Wildman–Crippen LogP) is 2.32. The highest BCUT2D eigenvalue weighted by Crippen LogP contribution is 2.20. The largest absolute Gasteiger partial charge is 0.282 e. The highest BCUT2D eigenvalue weighted by molar-refractivity contribution is 5.82. The lowest BCUT2D eigenvalue weighted by Crippen LogP contribution is -1.80. The van der Waals surface area contributed by atoms with Gasteiger partial charge >= 0.3 is 0 Å². The van der Waals surface area contributed by atoms with Crippen molar-refractivity contribution in [3.63, 3.8) is 0 Å². The Hall–Kier alpha value is -1.38. The molecular weight excluding hydrogens is 155 g/mol. The molecule has 12 heavy (non-hydrogen) atoms. The molecule has 1 heterocycles. The van der Waals surface area contributed by atoms with Gasteiger partial charge in [-0.25, -0.2) is 4.39 Å². The van der Waals surface area contributed by atoms with Crippen LogP contribution in [0.2, 0.25) is 0 Å². The lowest BCUT2D eigenvalue weighted by atomic mass is 10.1. The summed E-state index contributed by atoms with van der Waals surface area (Å²) in [6.07, 6.45) is 0. The van der Waals surface area contributed by atoms with Crippen LogP contribution in [-0.4, -0.2) is 10.2 Å². The molecule has 2 nitrogen and oxygen atoms in total. The van der Waals surface area contributed by atoms with Gasteiger partial charge < -0.3 is 0 Å². The first kappa shape index (κ1) is 7.28. The average Bonchev–Trinajstić information content (AvgIpc) is 2.31. The highest BCUT2D eigenvalue weighted by Gasteiger charge is 2.06. The van der Waals surface area contributed by atoms with Crippen LogP contribution in [0.4, 0.5) is 4.39 Å². The maximum absolute atomic E-state index is 13.3. The van der Waals surface area contributed by atoms with E-state index in [0.717, 1.165) is 11.3 Å². The van der Waals surface area contributed by atoms with Crippen LogP contribution in [0.5, 0.6) is 0 Å². The molecule has 0 aliphatic rings. The number of aromatic nitrogens is 2. The summed E-state index contributed by atoms with van der Waals surface area (Å²) in [5, 5.41) is 7.33. The van der Waals surface area contributed by atoms with Crippen molar-refractivity contribution in [3.05, 3.63) is 29.2 Å². The van der Waals surface area contributed by atoms with Crippen molar-refractivity contribution >= 4 is 10.9 Å². The SMILES string of the molecule is Cc1cc(F)c2c(C)[nH]nc2c1. The fraction of sp³-hybridized carbons (Fsp3) is 0.222. The van der Waals surface area contributed by atoms with Crippen LogP contribution in [0, 0.1) is 19.7 Å². The maximum atomic E-state index is 13.3. The van der Waals surface area contributed by atoms with Crippen molar-refractivity contribution in [1.82, 2.24) is 10.2 Å². The van der Waals surface area contributed by atoms with Gasteiger partial charge in [0.1, 0.15) is 5.82 Å². The van der Waals surface area contributed by atoms with Gasteiger partial charge in [-0.3, -0.25) is 5.10 Å². The lowest BCUT2D eigenvalue weighted by Gasteiger charge is -1.94. The summed E-state index contributed by atoms with van der Waals surface area (Å²) in [7, 11) is 0. The van der Waals surface area contributed by atoms with Crippen LogP contribution in [-0.2, 0) is 0 Å². The minimum absolute atomic E-state index is 0.198. The third kappa shape index (κ3) is 0.897. The van der Waals surface area contributed by atoms with Crippen molar-refractivity contribution in [1.29, 1.82) is 0 Å². The van der Waals surface area contributed by atoms with Crippen LogP contribution in [0.3, 0.4) is 0 Å². The van der Waals surface area contributed by atoms with Gasteiger partial charge in [0.05, 0.1) is 10.9 Å². The van der Waals surface area contributed by atoms with Crippen LogP contribution in [0.25, 0.3) is 10.9 Å². The summed E-state index contributed by atoms with van der Waals surface area (Å²) in [4.78, 5) is 0. The van der Waals surface area contributed by atoms with Gasteiger partial charge in [-0.05, 0) is 31.5 Å². The zero-order chi connectivity index (χ0) is 8.72. The molecule has 0 aliphatic carbocycles. The Kier molecular flexibility index (Phi) is 1.40. The van der Waals surface area contributed by atoms with Gasteiger partial charge in [0.15, 0.2) is 0 Å². The predicted molar refractivity (Wildman–Crippen MR) is 45.5 cm³/mol. The first-order chi connectivity index (χ1) is 5.68. The normalized spacial score (nSPS) is 10.9. The van der Waals surface area contributed by atoms with E-state index in [-0.39, 0.29) is 5.82 Å². The summed E-state index contributed by atoms with van der Waals surface area (Å²) in [6, 6.07) is 3.38. The molecule has 1 aromatic carbocycles.